The molecule has 0 aromatic heterocycles. The second-order valence-corrected chi connectivity index (χ2v) is 8.27. The van der Waals surface area contributed by atoms with Gasteiger partial charge in [0.2, 0.25) is 15.9 Å². The molecule has 0 aliphatic carbocycles. The van der Waals surface area contributed by atoms with Crippen LogP contribution in [0.3, 0.4) is 0 Å². The van der Waals surface area contributed by atoms with Crippen LogP contribution in [-0.4, -0.2) is 41.3 Å². The van der Waals surface area contributed by atoms with E-state index in [2.05, 4.69) is 5.32 Å². The van der Waals surface area contributed by atoms with Crippen molar-refractivity contribution in [3.05, 3.63) is 48.0 Å². The normalized spacial score (nSPS) is 11.0. The number of para-hydroxylation sites is 2. The maximum absolute atomic E-state index is 12.3. The standard InChI is InChI=1S/C20H26N2O5S/c1-15-11-12-18(26-2)16(14-15)21-20(23)10-7-13-22(28(4,24)25)17-8-5-6-9-19(17)27-3/h5-6,8-9,11-12,14H,7,10,13H2,1-4H3,(H,21,23). The molecule has 28 heavy (non-hydrogen) atoms. The van der Waals surface area contributed by atoms with Crippen molar-refractivity contribution < 1.29 is 22.7 Å². The molecule has 0 unspecified atom stereocenters. The molecule has 0 saturated heterocycles. The van der Waals surface area contributed by atoms with Gasteiger partial charge >= 0.3 is 0 Å². The fourth-order valence-corrected chi connectivity index (χ4v) is 3.79. The van der Waals surface area contributed by atoms with Crippen molar-refractivity contribution in [2.24, 2.45) is 0 Å². The Morgan fingerprint density at radius 1 is 1.07 bits per heavy atom. The Morgan fingerprint density at radius 3 is 2.39 bits per heavy atom. The molecular weight excluding hydrogens is 380 g/mol. The highest BCUT2D eigenvalue weighted by Crippen LogP contribution is 2.30. The number of sulfonamides is 1. The second-order valence-electron chi connectivity index (χ2n) is 6.36. The highest BCUT2D eigenvalue weighted by molar-refractivity contribution is 7.92. The van der Waals surface area contributed by atoms with Gasteiger partial charge in [-0.05, 0) is 43.2 Å². The maximum atomic E-state index is 12.3. The molecule has 2 rings (SSSR count). The molecule has 0 fully saturated rings. The van der Waals surface area contributed by atoms with E-state index in [0.717, 1.165) is 11.8 Å². The van der Waals surface area contributed by atoms with Gasteiger partial charge in [-0.15, -0.1) is 0 Å². The summed E-state index contributed by atoms with van der Waals surface area (Å²) < 4.78 is 36.3. The number of anilines is 2. The molecule has 0 aliphatic heterocycles. The van der Waals surface area contributed by atoms with Crippen molar-refractivity contribution >= 4 is 27.3 Å². The third-order valence-electron chi connectivity index (χ3n) is 4.15. The van der Waals surface area contributed by atoms with Gasteiger partial charge in [-0.2, -0.15) is 0 Å². The van der Waals surface area contributed by atoms with Crippen LogP contribution in [0, 0.1) is 6.92 Å². The van der Waals surface area contributed by atoms with Crippen molar-refractivity contribution in [1.82, 2.24) is 0 Å². The van der Waals surface area contributed by atoms with Crippen molar-refractivity contribution in [2.75, 3.05) is 36.6 Å². The van der Waals surface area contributed by atoms with E-state index in [1.165, 1.54) is 18.5 Å². The number of benzene rings is 2. The van der Waals surface area contributed by atoms with Crippen molar-refractivity contribution in [3.63, 3.8) is 0 Å². The van der Waals surface area contributed by atoms with Crippen LogP contribution in [0.5, 0.6) is 11.5 Å². The minimum Gasteiger partial charge on any atom is -0.495 e. The Hall–Kier alpha value is -2.74. The Kier molecular flexibility index (Phi) is 7.28. The van der Waals surface area contributed by atoms with Crippen LogP contribution in [0.25, 0.3) is 0 Å². The zero-order chi connectivity index (χ0) is 20.7. The van der Waals surface area contributed by atoms with Crippen molar-refractivity contribution in [3.8, 4) is 11.5 Å². The number of amides is 1. The fourth-order valence-electron chi connectivity index (χ4n) is 2.82. The minimum atomic E-state index is -3.52. The molecule has 152 valence electrons. The van der Waals surface area contributed by atoms with Gasteiger partial charge in [-0.1, -0.05) is 18.2 Å². The lowest BCUT2D eigenvalue weighted by Gasteiger charge is -2.24. The van der Waals surface area contributed by atoms with E-state index in [1.54, 1.807) is 30.3 Å². The number of methoxy groups -OCH3 is 2. The SMILES string of the molecule is COc1ccc(C)cc1NC(=O)CCCN(c1ccccc1OC)S(C)(=O)=O. The van der Waals surface area contributed by atoms with Crippen LogP contribution < -0.4 is 19.1 Å². The smallest absolute Gasteiger partial charge is 0.232 e. The molecule has 1 N–H and O–H groups in total. The molecule has 0 spiro atoms. The first kappa shape index (κ1) is 21.6. The molecule has 7 nitrogen and oxygen atoms in total. The van der Waals surface area contributed by atoms with Gasteiger partial charge in [0.15, 0.2) is 0 Å². The third-order valence-corrected chi connectivity index (χ3v) is 5.33. The molecule has 0 bridgehead atoms. The van der Waals surface area contributed by atoms with Gasteiger partial charge < -0.3 is 14.8 Å². The van der Waals surface area contributed by atoms with Crippen LogP contribution in [0.15, 0.2) is 42.5 Å². The summed E-state index contributed by atoms with van der Waals surface area (Å²) in [6.45, 7) is 2.09. The largest absolute Gasteiger partial charge is 0.495 e. The van der Waals surface area contributed by atoms with E-state index in [-0.39, 0.29) is 18.9 Å². The summed E-state index contributed by atoms with van der Waals surface area (Å²) in [5.41, 5.74) is 2.04. The lowest BCUT2D eigenvalue weighted by molar-refractivity contribution is -0.116. The minimum absolute atomic E-state index is 0.164. The third kappa shape index (κ3) is 5.63. The number of carbonyl (C=O) groups excluding carboxylic acids is 1. The van der Waals surface area contributed by atoms with Crippen LogP contribution in [0.1, 0.15) is 18.4 Å². The second kappa shape index (κ2) is 9.45. The van der Waals surface area contributed by atoms with Gasteiger partial charge in [0.1, 0.15) is 11.5 Å². The van der Waals surface area contributed by atoms with Gasteiger partial charge in [0, 0.05) is 13.0 Å². The monoisotopic (exact) mass is 406 g/mol. The van der Waals surface area contributed by atoms with Gasteiger partial charge in [-0.25, -0.2) is 8.42 Å². The Morgan fingerprint density at radius 2 is 1.75 bits per heavy atom. The number of nitrogens with zero attached hydrogens (tertiary/aromatic N) is 1. The topological polar surface area (TPSA) is 84.9 Å². The fraction of sp³-hybridized carbons (Fsp3) is 0.350. The Labute approximate surface area is 166 Å². The summed E-state index contributed by atoms with van der Waals surface area (Å²) in [5.74, 6) is 0.824. The average Bonchev–Trinajstić information content (AvgIpc) is 2.64. The van der Waals surface area contributed by atoms with Crippen molar-refractivity contribution in [2.45, 2.75) is 19.8 Å². The lowest BCUT2D eigenvalue weighted by atomic mass is 10.2. The summed E-state index contributed by atoms with van der Waals surface area (Å²) in [5, 5.41) is 2.82. The first-order valence-electron chi connectivity index (χ1n) is 8.81. The number of ether oxygens (including phenoxy) is 2. The number of hydrogen-bond donors (Lipinski definition) is 1. The first-order valence-corrected chi connectivity index (χ1v) is 10.7. The van der Waals surface area contributed by atoms with Gasteiger partial charge in [0.05, 0.1) is 31.9 Å². The molecule has 0 radical (unpaired) electrons. The molecule has 2 aromatic carbocycles. The summed E-state index contributed by atoms with van der Waals surface area (Å²) in [6.07, 6.45) is 1.65. The van der Waals surface area contributed by atoms with Crippen LogP contribution in [0.2, 0.25) is 0 Å². The summed E-state index contributed by atoms with van der Waals surface area (Å²) in [4.78, 5) is 12.3. The van der Waals surface area contributed by atoms with E-state index in [1.807, 2.05) is 19.1 Å². The molecule has 2 aromatic rings. The highest BCUT2D eigenvalue weighted by atomic mass is 32.2. The number of carbonyl (C=O) groups is 1. The summed E-state index contributed by atoms with van der Waals surface area (Å²) in [6, 6.07) is 12.4. The zero-order valence-corrected chi connectivity index (χ0v) is 17.4. The quantitative estimate of drug-likeness (QED) is 0.691. The van der Waals surface area contributed by atoms with E-state index < -0.39 is 10.0 Å². The molecule has 0 saturated carbocycles. The van der Waals surface area contributed by atoms with E-state index in [4.69, 9.17) is 9.47 Å². The Bertz CT molecular complexity index is 928. The molecule has 0 aliphatic rings. The number of aryl methyl sites for hydroxylation is 1. The van der Waals surface area contributed by atoms with E-state index in [9.17, 15) is 13.2 Å². The van der Waals surface area contributed by atoms with E-state index in [0.29, 0.717) is 29.3 Å². The molecule has 0 heterocycles. The van der Waals surface area contributed by atoms with Crippen LogP contribution in [0.4, 0.5) is 11.4 Å². The zero-order valence-electron chi connectivity index (χ0n) is 16.6. The molecular formula is C20H26N2O5S. The molecule has 0 atom stereocenters. The molecule has 1 amide bonds. The maximum Gasteiger partial charge on any atom is 0.232 e. The van der Waals surface area contributed by atoms with Crippen LogP contribution >= 0.6 is 0 Å². The van der Waals surface area contributed by atoms with Crippen molar-refractivity contribution in [1.29, 1.82) is 0 Å². The van der Waals surface area contributed by atoms with Gasteiger partial charge in [-0.3, -0.25) is 9.10 Å². The van der Waals surface area contributed by atoms with E-state index >= 15 is 0 Å². The first-order chi connectivity index (χ1) is 13.3. The molecule has 8 heteroatoms. The predicted molar refractivity (Wildman–Crippen MR) is 111 cm³/mol. The Balaban J connectivity index is 2.05. The number of rotatable bonds is 9. The van der Waals surface area contributed by atoms with Crippen LogP contribution in [-0.2, 0) is 14.8 Å². The number of hydrogen-bond acceptors (Lipinski definition) is 5. The average molecular weight is 407 g/mol. The predicted octanol–water partition coefficient (Wildman–Crippen LogP) is 3.20. The van der Waals surface area contributed by atoms with Gasteiger partial charge in [0.25, 0.3) is 0 Å². The number of nitrogens with one attached hydrogen (secondary N) is 1. The summed E-state index contributed by atoms with van der Waals surface area (Å²) in [7, 11) is -0.495. The lowest BCUT2D eigenvalue weighted by Crippen LogP contribution is -2.31. The highest BCUT2D eigenvalue weighted by Gasteiger charge is 2.21. The summed E-state index contributed by atoms with van der Waals surface area (Å²) >= 11 is 0.